The molecule has 2 aromatic rings. The minimum absolute atomic E-state index is 0.0319. The summed E-state index contributed by atoms with van der Waals surface area (Å²) in [6, 6.07) is 1.76. The van der Waals surface area contributed by atoms with Crippen LogP contribution in [0.5, 0.6) is 0 Å². The minimum Gasteiger partial charge on any atom is -0.315 e. The van der Waals surface area contributed by atoms with Crippen LogP contribution in [0.15, 0.2) is 29.5 Å². The fourth-order valence-electron chi connectivity index (χ4n) is 3.03. The normalized spacial score (nSPS) is 16.8. The molecule has 1 fully saturated rings. The third-order valence-electron chi connectivity index (χ3n) is 4.23. The molecule has 20 heavy (non-hydrogen) atoms. The molecule has 1 aliphatic carbocycles. The molecule has 0 amide bonds. The Morgan fingerprint density at radius 1 is 1.25 bits per heavy atom. The lowest BCUT2D eigenvalue weighted by atomic mass is 9.89. The first-order valence-electron chi connectivity index (χ1n) is 7.58. The summed E-state index contributed by atoms with van der Waals surface area (Å²) in [5.74, 6) is 0.831. The van der Waals surface area contributed by atoms with Crippen molar-refractivity contribution >= 4 is 5.52 Å². The van der Waals surface area contributed by atoms with E-state index in [1.807, 2.05) is 12.4 Å². The van der Waals surface area contributed by atoms with Gasteiger partial charge in [0.15, 0.2) is 0 Å². The van der Waals surface area contributed by atoms with Crippen LogP contribution < -0.4 is 10.9 Å². The summed E-state index contributed by atoms with van der Waals surface area (Å²) < 4.78 is 3.37. The molecule has 0 unspecified atom stereocenters. The van der Waals surface area contributed by atoms with Crippen LogP contribution in [0.2, 0.25) is 0 Å². The maximum Gasteiger partial charge on any atom is 0.276 e. The molecule has 2 aromatic heterocycles. The first-order valence-corrected chi connectivity index (χ1v) is 7.58. The number of hydrogen-bond donors (Lipinski definition) is 1. The van der Waals surface area contributed by atoms with Gasteiger partial charge in [-0.2, -0.15) is 5.10 Å². The predicted octanol–water partition coefficient (Wildman–Crippen LogP) is 1.67. The van der Waals surface area contributed by atoms with Gasteiger partial charge in [0, 0.05) is 25.5 Å². The van der Waals surface area contributed by atoms with Gasteiger partial charge in [0.2, 0.25) is 0 Å². The van der Waals surface area contributed by atoms with Gasteiger partial charge in [-0.05, 0) is 31.4 Å². The fourth-order valence-corrected chi connectivity index (χ4v) is 3.03. The summed E-state index contributed by atoms with van der Waals surface area (Å²) in [7, 11) is 0. The molecule has 0 spiro atoms. The van der Waals surface area contributed by atoms with E-state index < -0.39 is 0 Å². The lowest BCUT2D eigenvalue weighted by Crippen LogP contribution is -2.30. The van der Waals surface area contributed by atoms with Gasteiger partial charge in [0.1, 0.15) is 5.52 Å². The molecule has 1 saturated carbocycles. The Morgan fingerprint density at radius 2 is 2.10 bits per heavy atom. The van der Waals surface area contributed by atoms with Gasteiger partial charge >= 0.3 is 0 Å². The molecule has 5 heteroatoms. The van der Waals surface area contributed by atoms with Crippen molar-refractivity contribution in [2.24, 2.45) is 5.92 Å². The largest absolute Gasteiger partial charge is 0.315 e. The Morgan fingerprint density at radius 3 is 2.95 bits per heavy atom. The predicted molar refractivity (Wildman–Crippen MR) is 78.9 cm³/mol. The Kier molecular flexibility index (Phi) is 4.16. The lowest BCUT2D eigenvalue weighted by Gasteiger charge is -2.21. The zero-order valence-corrected chi connectivity index (χ0v) is 11.8. The van der Waals surface area contributed by atoms with Crippen LogP contribution in [0.25, 0.3) is 5.52 Å². The average Bonchev–Trinajstić information content (AvgIpc) is 2.96. The molecular formula is C15H22N4O. The second kappa shape index (κ2) is 6.22. The third-order valence-corrected chi connectivity index (χ3v) is 4.23. The van der Waals surface area contributed by atoms with Crippen molar-refractivity contribution in [3.63, 3.8) is 0 Å². The Balaban J connectivity index is 1.52. The van der Waals surface area contributed by atoms with E-state index in [1.54, 1.807) is 21.3 Å². The molecule has 2 heterocycles. The van der Waals surface area contributed by atoms with Crippen LogP contribution >= 0.6 is 0 Å². The number of nitrogens with zero attached hydrogens (tertiary/aromatic N) is 3. The second-order valence-corrected chi connectivity index (χ2v) is 5.67. The van der Waals surface area contributed by atoms with Crippen LogP contribution in [0, 0.1) is 5.92 Å². The van der Waals surface area contributed by atoms with Gasteiger partial charge in [-0.25, -0.2) is 4.52 Å². The van der Waals surface area contributed by atoms with E-state index in [0.717, 1.165) is 19.0 Å². The highest BCUT2D eigenvalue weighted by Gasteiger charge is 2.12. The zero-order valence-electron chi connectivity index (χ0n) is 11.8. The summed E-state index contributed by atoms with van der Waals surface area (Å²) in [6.07, 6.45) is 12.2. The van der Waals surface area contributed by atoms with Gasteiger partial charge in [0.25, 0.3) is 5.56 Å². The summed E-state index contributed by atoms with van der Waals surface area (Å²) in [6.45, 7) is 2.65. The first kappa shape index (κ1) is 13.4. The van der Waals surface area contributed by atoms with Crippen molar-refractivity contribution in [2.75, 3.05) is 13.1 Å². The summed E-state index contributed by atoms with van der Waals surface area (Å²) in [5.41, 5.74) is 0.671. The van der Waals surface area contributed by atoms with Crippen molar-refractivity contribution < 1.29 is 0 Å². The van der Waals surface area contributed by atoms with Crippen molar-refractivity contribution in [3.8, 4) is 0 Å². The molecule has 0 radical (unpaired) electrons. The number of rotatable bonds is 5. The third kappa shape index (κ3) is 2.93. The average molecular weight is 274 g/mol. The quantitative estimate of drug-likeness (QED) is 0.844. The van der Waals surface area contributed by atoms with Gasteiger partial charge in [-0.15, -0.1) is 0 Å². The molecule has 5 nitrogen and oxygen atoms in total. The van der Waals surface area contributed by atoms with Crippen LogP contribution in [0.3, 0.4) is 0 Å². The molecule has 108 valence electrons. The molecule has 1 aliphatic rings. The fraction of sp³-hybridized carbons (Fsp3) is 0.600. The minimum atomic E-state index is 0.0319. The maximum absolute atomic E-state index is 12.2. The Hall–Kier alpha value is -1.62. The Labute approximate surface area is 118 Å². The molecule has 0 aromatic carbocycles. The molecule has 0 bridgehead atoms. The van der Waals surface area contributed by atoms with Crippen molar-refractivity contribution in [1.82, 2.24) is 19.5 Å². The molecule has 0 atom stereocenters. The second-order valence-electron chi connectivity index (χ2n) is 5.67. The van der Waals surface area contributed by atoms with Gasteiger partial charge in [0.05, 0.1) is 6.20 Å². The maximum atomic E-state index is 12.2. The van der Waals surface area contributed by atoms with E-state index in [0.29, 0.717) is 12.1 Å². The molecule has 3 rings (SSSR count). The van der Waals surface area contributed by atoms with E-state index >= 15 is 0 Å². The molecule has 0 saturated heterocycles. The van der Waals surface area contributed by atoms with Crippen LogP contribution in [-0.2, 0) is 6.54 Å². The molecule has 1 N–H and O–H groups in total. The van der Waals surface area contributed by atoms with Crippen molar-refractivity contribution in [2.45, 2.75) is 38.6 Å². The van der Waals surface area contributed by atoms with E-state index in [2.05, 4.69) is 10.4 Å². The van der Waals surface area contributed by atoms with Crippen LogP contribution in [0.4, 0.5) is 0 Å². The van der Waals surface area contributed by atoms with E-state index in [4.69, 9.17) is 0 Å². The first-order chi connectivity index (χ1) is 9.84. The standard InChI is InChI=1S/C15H22N4O/c20-15-14-6-7-17-19(14)11-10-18(15)9-8-16-12-13-4-2-1-3-5-13/h6-7,10-11,13,16H,1-5,8-9,12H2. The summed E-state index contributed by atoms with van der Waals surface area (Å²) in [4.78, 5) is 12.2. The number of aromatic nitrogens is 3. The lowest BCUT2D eigenvalue weighted by molar-refractivity contribution is 0.340. The molecule has 0 aliphatic heterocycles. The Bertz CT molecular complexity index is 610. The SMILES string of the molecule is O=c1c2ccnn2ccn1CCNCC1CCCCC1. The molecular weight excluding hydrogens is 252 g/mol. The number of hydrogen-bond acceptors (Lipinski definition) is 3. The topological polar surface area (TPSA) is 51.3 Å². The summed E-state index contributed by atoms with van der Waals surface area (Å²) >= 11 is 0. The van der Waals surface area contributed by atoms with Crippen molar-refractivity contribution in [1.29, 1.82) is 0 Å². The van der Waals surface area contributed by atoms with E-state index in [1.165, 1.54) is 32.1 Å². The van der Waals surface area contributed by atoms with Crippen molar-refractivity contribution in [3.05, 3.63) is 35.0 Å². The smallest absolute Gasteiger partial charge is 0.276 e. The van der Waals surface area contributed by atoms with Gasteiger partial charge < -0.3 is 9.88 Å². The zero-order chi connectivity index (χ0) is 13.8. The monoisotopic (exact) mass is 274 g/mol. The highest BCUT2D eigenvalue weighted by Crippen LogP contribution is 2.22. The van der Waals surface area contributed by atoms with Crippen LogP contribution in [-0.4, -0.2) is 27.3 Å². The van der Waals surface area contributed by atoms with E-state index in [9.17, 15) is 4.79 Å². The van der Waals surface area contributed by atoms with E-state index in [-0.39, 0.29) is 5.56 Å². The highest BCUT2D eigenvalue weighted by molar-refractivity contribution is 5.42. The highest BCUT2D eigenvalue weighted by atomic mass is 16.1. The van der Waals surface area contributed by atoms with Gasteiger partial charge in [-0.3, -0.25) is 4.79 Å². The number of nitrogens with one attached hydrogen (secondary N) is 1. The number of fused-ring (bicyclic) bond motifs is 1. The van der Waals surface area contributed by atoms with Crippen LogP contribution in [0.1, 0.15) is 32.1 Å². The van der Waals surface area contributed by atoms with Gasteiger partial charge in [-0.1, -0.05) is 19.3 Å². The summed E-state index contributed by atoms with van der Waals surface area (Å²) in [5, 5.41) is 7.56.